The van der Waals surface area contributed by atoms with E-state index in [0.29, 0.717) is 0 Å². The summed E-state index contributed by atoms with van der Waals surface area (Å²) in [7, 11) is 0. The molecule has 4 heteroatoms. The van der Waals surface area contributed by atoms with E-state index >= 15 is 0 Å². The third-order valence-electron chi connectivity index (χ3n) is 4.48. The van der Waals surface area contributed by atoms with Crippen molar-refractivity contribution in [3.05, 3.63) is 46.1 Å². The lowest BCUT2D eigenvalue weighted by Crippen LogP contribution is -2.01. The van der Waals surface area contributed by atoms with Crippen LogP contribution < -0.4 is 5.32 Å². The summed E-state index contributed by atoms with van der Waals surface area (Å²) in [5.74, 6) is 0.966. The van der Waals surface area contributed by atoms with E-state index in [1.54, 1.807) is 6.33 Å². The Kier molecular flexibility index (Phi) is 3.34. The Balaban J connectivity index is 1.86. The molecule has 2 aromatic heterocycles. The maximum absolute atomic E-state index is 4.55. The molecule has 1 aliphatic carbocycles. The third kappa shape index (κ3) is 2.10. The number of hydrogen-bond acceptors (Lipinski definition) is 4. The molecule has 0 aliphatic heterocycles. The standard InChI is InChI=1S/C18H19N3S/c1-3-12-7-4-6-11(2)16(12)21-17-15-13-8-5-9-14(13)22-18(15)20-10-19-17/h4,6-7,10H,3,5,8-9H2,1-2H3,(H,19,20,21). The average Bonchev–Trinajstić information content (AvgIpc) is 3.10. The topological polar surface area (TPSA) is 37.8 Å². The van der Waals surface area contributed by atoms with Crippen LogP contribution in [0.5, 0.6) is 0 Å². The van der Waals surface area contributed by atoms with Gasteiger partial charge in [-0.1, -0.05) is 25.1 Å². The predicted molar refractivity (Wildman–Crippen MR) is 93.3 cm³/mol. The SMILES string of the molecule is CCc1cccc(C)c1Nc1ncnc2sc3c(c12)CCC3. The number of rotatable bonds is 3. The summed E-state index contributed by atoms with van der Waals surface area (Å²) in [5, 5.41) is 4.85. The first kappa shape index (κ1) is 13.7. The molecule has 1 aromatic carbocycles. The van der Waals surface area contributed by atoms with Crippen LogP contribution in [0.2, 0.25) is 0 Å². The van der Waals surface area contributed by atoms with Gasteiger partial charge in [0, 0.05) is 10.6 Å². The number of nitrogens with zero attached hydrogens (tertiary/aromatic N) is 2. The monoisotopic (exact) mass is 309 g/mol. The van der Waals surface area contributed by atoms with Gasteiger partial charge in [0.15, 0.2) is 0 Å². The number of thiophene rings is 1. The zero-order valence-corrected chi connectivity index (χ0v) is 13.8. The summed E-state index contributed by atoms with van der Waals surface area (Å²) in [6, 6.07) is 6.46. The second kappa shape index (κ2) is 5.36. The first-order valence-electron chi connectivity index (χ1n) is 7.88. The second-order valence-electron chi connectivity index (χ2n) is 5.85. The van der Waals surface area contributed by atoms with Crippen molar-refractivity contribution in [3.63, 3.8) is 0 Å². The number of hydrogen-bond donors (Lipinski definition) is 1. The summed E-state index contributed by atoms with van der Waals surface area (Å²) in [4.78, 5) is 11.7. The Morgan fingerprint density at radius 3 is 3.00 bits per heavy atom. The maximum Gasteiger partial charge on any atom is 0.142 e. The van der Waals surface area contributed by atoms with Crippen LogP contribution in [0.3, 0.4) is 0 Å². The van der Waals surface area contributed by atoms with Crippen LogP contribution in [-0.2, 0) is 19.3 Å². The van der Waals surface area contributed by atoms with Gasteiger partial charge in [0.2, 0.25) is 0 Å². The highest BCUT2D eigenvalue weighted by molar-refractivity contribution is 7.19. The van der Waals surface area contributed by atoms with Crippen molar-refractivity contribution in [1.29, 1.82) is 0 Å². The van der Waals surface area contributed by atoms with E-state index in [2.05, 4.69) is 47.3 Å². The van der Waals surface area contributed by atoms with Gasteiger partial charge in [-0.25, -0.2) is 9.97 Å². The molecule has 0 bridgehead atoms. The summed E-state index contributed by atoms with van der Waals surface area (Å²) in [5.41, 5.74) is 5.26. The van der Waals surface area contributed by atoms with Crippen LogP contribution in [0.15, 0.2) is 24.5 Å². The molecule has 0 fully saturated rings. The van der Waals surface area contributed by atoms with Crippen LogP contribution in [-0.4, -0.2) is 9.97 Å². The molecule has 2 heterocycles. The van der Waals surface area contributed by atoms with Gasteiger partial charge < -0.3 is 5.32 Å². The lowest BCUT2D eigenvalue weighted by molar-refractivity contribution is 0.917. The lowest BCUT2D eigenvalue weighted by Gasteiger charge is -2.14. The van der Waals surface area contributed by atoms with E-state index in [-0.39, 0.29) is 0 Å². The number of nitrogens with one attached hydrogen (secondary N) is 1. The third-order valence-corrected chi connectivity index (χ3v) is 5.68. The summed E-state index contributed by atoms with van der Waals surface area (Å²) in [6.45, 7) is 4.34. The van der Waals surface area contributed by atoms with Gasteiger partial charge in [0.1, 0.15) is 17.0 Å². The molecule has 0 saturated heterocycles. The van der Waals surface area contributed by atoms with Gasteiger partial charge in [-0.05, 0) is 49.3 Å². The van der Waals surface area contributed by atoms with Crippen LogP contribution in [0.4, 0.5) is 11.5 Å². The molecule has 0 spiro atoms. The first-order chi connectivity index (χ1) is 10.8. The summed E-state index contributed by atoms with van der Waals surface area (Å²) >= 11 is 1.83. The minimum atomic E-state index is 0.966. The molecule has 0 saturated carbocycles. The molecule has 22 heavy (non-hydrogen) atoms. The fourth-order valence-corrected chi connectivity index (χ4v) is 4.57. The molecular weight excluding hydrogens is 290 g/mol. The van der Waals surface area contributed by atoms with Gasteiger partial charge in [-0.15, -0.1) is 11.3 Å². The average molecular weight is 309 g/mol. The predicted octanol–water partition coefficient (Wildman–Crippen LogP) is 4.79. The molecule has 0 atom stereocenters. The molecule has 3 nitrogen and oxygen atoms in total. The van der Waals surface area contributed by atoms with Crippen LogP contribution in [0.25, 0.3) is 10.2 Å². The molecule has 4 rings (SSSR count). The van der Waals surface area contributed by atoms with E-state index in [1.807, 2.05) is 11.3 Å². The van der Waals surface area contributed by atoms with Crippen molar-refractivity contribution in [1.82, 2.24) is 9.97 Å². The van der Waals surface area contributed by atoms with Gasteiger partial charge >= 0.3 is 0 Å². The fraction of sp³-hybridized carbons (Fsp3) is 0.333. The normalized spacial score (nSPS) is 13.5. The zero-order chi connectivity index (χ0) is 15.1. The molecule has 1 N–H and O–H groups in total. The Morgan fingerprint density at radius 1 is 1.23 bits per heavy atom. The molecule has 0 radical (unpaired) electrons. The Bertz CT molecular complexity index is 851. The number of aromatic nitrogens is 2. The quantitative estimate of drug-likeness (QED) is 0.755. The van der Waals surface area contributed by atoms with Crippen molar-refractivity contribution < 1.29 is 0 Å². The van der Waals surface area contributed by atoms with E-state index in [9.17, 15) is 0 Å². The van der Waals surface area contributed by atoms with Crippen molar-refractivity contribution >= 4 is 33.1 Å². The highest BCUT2D eigenvalue weighted by Gasteiger charge is 2.21. The molecule has 112 valence electrons. The lowest BCUT2D eigenvalue weighted by atomic mass is 10.1. The van der Waals surface area contributed by atoms with E-state index in [4.69, 9.17) is 0 Å². The second-order valence-corrected chi connectivity index (χ2v) is 6.93. The number of anilines is 2. The first-order valence-corrected chi connectivity index (χ1v) is 8.70. The van der Waals surface area contributed by atoms with E-state index in [0.717, 1.165) is 23.5 Å². The highest BCUT2D eigenvalue weighted by atomic mass is 32.1. The Morgan fingerprint density at radius 2 is 2.14 bits per heavy atom. The number of para-hydroxylation sites is 1. The van der Waals surface area contributed by atoms with Crippen molar-refractivity contribution in [2.75, 3.05) is 5.32 Å². The molecular formula is C18H19N3S. The van der Waals surface area contributed by atoms with E-state index < -0.39 is 0 Å². The Hall–Kier alpha value is -1.94. The van der Waals surface area contributed by atoms with Gasteiger partial charge in [-0.2, -0.15) is 0 Å². The van der Waals surface area contributed by atoms with Gasteiger partial charge in [0.25, 0.3) is 0 Å². The van der Waals surface area contributed by atoms with Gasteiger partial charge in [0.05, 0.1) is 5.39 Å². The maximum atomic E-state index is 4.55. The molecule has 1 aliphatic rings. The summed E-state index contributed by atoms with van der Waals surface area (Å²) in [6.07, 6.45) is 6.31. The molecule has 0 amide bonds. The Labute approximate surface area is 134 Å². The number of benzene rings is 1. The van der Waals surface area contributed by atoms with Crippen molar-refractivity contribution in [3.8, 4) is 0 Å². The highest BCUT2D eigenvalue weighted by Crippen LogP contribution is 2.40. The number of fused-ring (bicyclic) bond motifs is 3. The van der Waals surface area contributed by atoms with Crippen LogP contribution in [0, 0.1) is 6.92 Å². The minimum Gasteiger partial charge on any atom is -0.339 e. The van der Waals surface area contributed by atoms with Crippen molar-refractivity contribution in [2.45, 2.75) is 39.5 Å². The zero-order valence-electron chi connectivity index (χ0n) is 12.9. The molecule has 0 unspecified atom stereocenters. The van der Waals surface area contributed by atoms with E-state index in [1.165, 1.54) is 45.5 Å². The molecule has 3 aromatic rings. The smallest absolute Gasteiger partial charge is 0.142 e. The minimum absolute atomic E-state index is 0.966. The van der Waals surface area contributed by atoms with Crippen LogP contribution >= 0.6 is 11.3 Å². The van der Waals surface area contributed by atoms with Crippen molar-refractivity contribution in [2.24, 2.45) is 0 Å². The number of aryl methyl sites for hydroxylation is 4. The summed E-state index contributed by atoms with van der Waals surface area (Å²) < 4.78 is 0. The largest absolute Gasteiger partial charge is 0.339 e. The fourth-order valence-electron chi connectivity index (χ4n) is 3.34. The van der Waals surface area contributed by atoms with Gasteiger partial charge in [-0.3, -0.25) is 0 Å². The van der Waals surface area contributed by atoms with Crippen LogP contribution in [0.1, 0.15) is 34.9 Å².